The van der Waals surface area contributed by atoms with Gasteiger partial charge >= 0.3 is 0 Å². The molecule has 2 heterocycles. The number of allylic oxidation sites excluding steroid dienone is 1. The fourth-order valence-electron chi connectivity index (χ4n) is 7.34. The molecule has 2 unspecified atom stereocenters. The predicted octanol–water partition coefficient (Wildman–Crippen LogP) is 6.36. The number of aliphatic hydroxyl groups is 2. The highest BCUT2D eigenvalue weighted by molar-refractivity contribution is 7.90. The van der Waals surface area contributed by atoms with Gasteiger partial charge in [0.2, 0.25) is 10.0 Å². The first kappa shape index (κ1) is 37.0. The van der Waals surface area contributed by atoms with Crippen molar-refractivity contribution in [3.05, 3.63) is 94.0 Å². The number of methoxy groups -OCH3 is 1. The van der Waals surface area contributed by atoms with Crippen molar-refractivity contribution < 1.29 is 32.9 Å². The highest BCUT2D eigenvalue weighted by Gasteiger charge is 2.37. The maximum absolute atomic E-state index is 13.9. The minimum atomic E-state index is -4.26. The third kappa shape index (κ3) is 9.00. The summed E-state index contributed by atoms with van der Waals surface area (Å²) in [4.78, 5) is 16.0. The van der Waals surface area contributed by atoms with Crippen molar-refractivity contribution in [1.29, 1.82) is 0 Å². The second-order valence-corrected chi connectivity index (χ2v) is 16.4. The molecule has 1 amide bonds. The van der Waals surface area contributed by atoms with E-state index >= 15 is 0 Å². The van der Waals surface area contributed by atoms with Gasteiger partial charge in [-0.1, -0.05) is 35.9 Å². The Morgan fingerprint density at radius 3 is 2.71 bits per heavy atom. The van der Waals surface area contributed by atoms with Crippen LogP contribution in [0, 0.1) is 18.8 Å². The lowest BCUT2D eigenvalue weighted by molar-refractivity contribution is 0.0461. The van der Waals surface area contributed by atoms with E-state index in [0.717, 1.165) is 48.8 Å². The zero-order chi connectivity index (χ0) is 36.1. The Morgan fingerprint density at radius 1 is 1.08 bits per heavy atom. The normalized spacial score (nSPS) is 25.0. The molecule has 0 aromatic heterocycles. The van der Waals surface area contributed by atoms with E-state index in [1.807, 2.05) is 37.3 Å². The number of carbonyl (C=O) groups is 1. The monoisotopic (exact) mass is 737 g/mol. The number of benzene rings is 3. The molecule has 0 spiro atoms. The molecule has 1 fully saturated rings. The van der Waals surface area contributed by atoms with E-state index in [1.165, 1.54) is 0 Å². The molecule has 274 valence electrons. The maximum Gasteiger partial charge on any atom is 0.264 e. The lowest BCUT2D eigenvalue weighted by Crippen LogP contribution is -2.43. The number of ether oxygens (including phenoxy) is 2. The molecule has 3 aliphatic rings. The number of fused-ring (bicyclic) bond motifs is 3. The number of sulfonamides is 1. The Hall–Kier alpha value is -3.77. The highest BCUT2D eigenvalue weighted by Crippen LogP contribution is 2.41. The zero-order valence-electron chi connectivity index (χ0n) is 29.2. The molecule has 3 aromatic rings. The number of carbonyl (C=O) groups excluding carboxylic acids is 1. The second kappa shape index (κ2) is 16.3. The average molecular weight is 738 g/mol. The van der Waals surface area contributed by atoms with Gasteiger partial charge in [0.1, 0.15) is 24.3 Å². The van der Waals surface area contributed by atoms with E-state index in [-0.39, 0.29) is 30.2 Å². The molecular weight excluding hydrogens is 690 g/mol. The largest absolute Gasteiger partial charge is 0.497 e. The Bertz CT molecular complexity index is 1850. The fraction of sp³-hybridized carbons (Fsp3) is 0.462. The van der Waals surface area contributed by atoms with Crippen LogP contribution in [0.4, 0.5) is 11.4 Å². The van der Waals surface area contributed by atoms with Crippen LogP contribution in [0.2, 0.25) is 5.02 Å². The Kier molecular flexibility index (Phi) is 11.8. The van der Waals surface area contributed by atoms with Gasteiger partial charge in [-0.2, -0.15) is 0 Å². The number of amides is 1. The predicted molar refractivity (Wildman–Crippen MR) is 200 cm³/mol. The van der Waals surface area contributed by atoms with Crippen LogP contribution < -0.4 is 24.4 Å². The summed E-state index contributed by atoms with van der Waals surface area (Å²) in [5.41, 5.74) is 4.55. The number of nitrogens with one attached hydrogen (secondary N) is 2. The summed E-state index contributed by atoms with van der Waals surface area (Å²) < 4.78 is 41.8. The van der Waals surface area contributed by atoms with Crippen LogP contribution in [0.15, 0.2) is 66.7 Å². The van der Waals surface area contributed by atoms with Gasteiger partial charge < -0.3 is 29.9 Å². The van der Waals surface area contributed by atoms with Crippen molar-refractivity contribution in [2.24, 2.45) is 11.8 Å². The zero-order valence-corrected chi connectivity index (χ0v) is 30.8. The molecule has 0 radical (unpaired) electrons. The number of nitrogens with zero attached hydrogens (tertiary/aromatic N) is 1. The van der Waals surface area contributed by atoms with Crippen molar-refractivity contribution in [2.75, 3.05) is 30.4 Å². The van der Waals surface area contributed by atoms with E-state index in [0.29, 0.717) is 54.0 Å². The van der Waals surface area contributed by atoms with E-state index < -0.39 is 33.5 Å². The highest BCUT2D eigenvalue weighted by atomic mass is 35.5. The number of aryl methyl sites for hydroxylation is 2. The van der Waals surface area contributed by atoms with Crippen molar-refractivity contribution in [2.45, 2.75) is 82.5 Å². The van der Waals surface area contributed by atoms with Gasteiger partial charge in [-0.15, -0.1) is 0 Å². The standard InChI is InChI=1S/C39H48ClN3O7S/c1-25-10-15-31(49-2)21-34(25)41-38(45)22-32-8-3-4-9-36(44)33-16-12-28(33)23-43-18-6-5-7-26-19-30(40)14-11-29(26)24-50-37-17-13-27(20-35(37)43)39(46)42-51(32,47)48/h4,9-11,13-15,17,19-21,28,32-33,36,38,41,44-45H,3,5-8,12,16,18,22-24H2,1-2H3,(H,42,46)/b9-4+/t28-,32?,33+,36-,38?/m0/s1. The van der Waals surface area contributed by atoms with E-state index in [1.54, 1.807) is 43.5 Å². The third-order valence-corrected chi connectivity index (χ3v) is 12.5. The van der Waals surface area contributed by atoms with Gasteiger partial charge in [-0.05, 0) is 117 Å². The number of aliphatic hydroxyl groups excluding tert-OH is 2. The van der Waals surface area contributed by atoms with Crippen LogP contribution >= 0.6 is 11.6 Å². The molecule has 12 heteroatoms. The van der Waals surface area contributed by atoms with Gasteiger partial charge in [-0.25, -0.2) is 13.1 Å². The molecule has 3 aromatic carbocycles. The molecule has 2 aliphatic heterocycles. The quantitative estimate of drug-likeness (QED) is 0.174. The van der Waals surface area contributed by atoms with Crippen molar-refractivity contribution in [1.82, 2.24) is 4.72 Å². The lowest BCUT2D eigenvalue weighted by atomic mass is 9.70. The van der Waals surface area contributed by atoms with Gasteiger partial charge in [0, 0.05) is 41.9 Å². The first-order chi connectivity index (χ1) is 24.5. The van der Waals surface area contributed by atoms with Gasteiger partial charge in [-0.3, -0.25) is 4.79 Å². The average Bonchev–Trinajstić information content (AvgIpc) is 3.11. The van der Waals surface area contributed by atoms with Crippen LogP contribution in [-0.4, -0.2) is 62.3 Å². The van der Waals surface area contributed by atoms with Crippen LogP contribution in [-0.2, 0) is 23.1 Å². The molecule has 4 N–H and O–H groups in total. The number of halogens is 1. The van der Waals surface area contributed by atoms with Crippen molar-refractivity contribution >= 4 is 38.9 Å². The minimum Gasteiger partial charge on any atom is -0.497 e. The molecule has 2 bridgehead atoms. The molecule has 6 rings (SSSR count). The Morgan fingerprint density at radius 2 is 1.92 bits per heavy atom. The molecule has 10 nitrogen and oxygen atoms in total. The van der Waals surface area contributed by atoms with Gasteiger partial charge in [0.25, 0.3) is 5.91 Å². The Balaban J connectivity index is 1.31. The molecule has 51 heavy (non-hydrogen) atoms. The van der Waals surface area contributed by atoms with Crippen molar-refractivity contribution in [3.63, 3.8) is 0 Å². The van der Waals surface area contributed by atoms with Gasteiger partial charge in [0.05, 0.1) is 24.2 Å². The van der Waals surface area contributed by atoms with Crippen LogP contribution in [0.5, 0.6) is 11.5 Å². The number of hydrogen-bond acceptors (Lipinski definition) is 9. The second-order valence-electron chi connectivity index (χ2n) is 14.0. The Labute approximate surface area is 305 Å². The first-order valence-electron chi connectivity index (χ1n) is 17.8. The fourth-order valence-corrected chi connectivity index (χ4v) is 8.96. The SMILES string of the molecule is COc1ccc(C)c(NC(O)CC2CC/C=C/[C@H](O)[C@@H]3CC[C@H]3CN3CCCCc4cc(Cl)ccc4COc4ccc(cc43)C(=O)NS2(=O)=O)c1. The number of rotatable bonds is 5. The minimum absolute atomic E-state index is 0.0613. The number of hydrogen-bond donors (Lipinski definition) is 4. The first-order valence-corrected chi connectivity index (χ1v) is 19.7. The van der Waals surface area contributed by atoms with E-state index in [2.05, 4.69) is 14.9 Å². The summed E-state index contributed by atoms with van der Waals surface area (Å²) in [6.45, 7) is 3.56. The molecule has 5 atom stereocenters. The number of anilines is 2. The summed E-state index contributed by atoms with van der Waals surface area (Å²) in [6.07, 6.45) is 6.51. The summed E-state index contributed by atoms with van der Waals surface area (Å²) in [5.74, 6) is 0.732. The molecular formula is C39H48ClN3O7S. The van der Waals surface area contributed by atoms with E-state index in [9.17, 15) is 23.4 Å². The van der Waals surface area contributed by atoms with Crippen molar-refractivity contribution in [3.8, 4) is 11.5 Å². The lowest BCUT2D eigenvalue weighted by Gasteiger charge is -2.42. The molecule has 1 aliphatic carbocycles. The van der Waals surface area contributed by atoms with Crippen LogP contribution in [0.25, 0.3) is 0 Å². The summed E-state index contributed by atoms with van der Waals surface area (Å²) in [5, 5.41) is 24.9. The summed E-state index contributed by atoms with van der Waals surface area (Å²) >= 11 is 6.34. The smallest absolute Gasteiger partial charge is 0.264 e. The maximum atomic E-state index is 13.9. The third-order valence-electron chi connectivity index (χ3n) is 10.5. The summed E-state index contributed by atoms with van der Waals surface area (Å²) in [6, 6.07) is 16.3. The topological polar surface area (TPSA) is 137 Å². The summed E-state index contributed by atoms with van der Waals surface area (Å²) in [7, 11) is -2.71. The van der Waals surface area contributed by atoms with E-state index in [4.69, 9.17) is 21.1 Å². The molecule has 1 saturated carbocycles. The van der Waals surface area contributed by atoms with Gasteiger partial charge in [0.15, 0.2) is 0 Å². The molecule has 0 saturated heterocycles. The van der Waals surface area contributed by atoms with Crippen LogP contribution in [0.3, 0.4) is 0 Å². The van der Waals surface area contributed by atoms with Crippen LogP contribution in [0.1, 0.15) is 72.0 Å².